The first-order chi connectivity index (χ1) is 13.8. The molecule has 150 valence electrons. The van der Waals surface area contributed by atoms with Crippen molar-refractivity contribution in [3.63, 3.8) is 0 Å². The highest BCUT2D eigenvalue weighted by Gasteiger charge is 2.19. The molecule has 2 aliphatic rings. The Hall–Kier alpha value is -1.92. The van der Waals surface area contributed by atoms with Crippen LogP contribution in [0.25, 0.3) is 0 Å². The van der Waals surface area contributed by atoms with E-state index >= 15 is 0 Å². The van der Waals surface area contributed by atoms with Crippen LogP contribution in [-0.2, 0) is 12.8 Å². The fourth-order valence-electron chi connectivity index (χ4n) is 3.91. The van der Waals surface area contributed by atoms with Crippen molar-refractivity contribution in [2.45, 2.75) is 38.5 Å². The van der Waals surface area contributed by atoms with Crippen molar-refractivity contribution in [2.24, 2.45) is 0 Å². The molecule has 1 aliphatic heterocycles. The summed E-state index contributed by atoms with van der Waals surface area (Å²) in [5, 5.41) is 0.735. The number of piperazine rings is 1. The van der Waals surface area contributed by atoms with Crippen LogP contribution >= 0.6 is 11.6 Å². The minimum absolute atomic E-state index is 0.682. The molecule has 1 saturated heterocycles. The quantitative estimate of drug-likeness (QED) is 0.663. The minimum Gasteiger partial charge on any atom is -0.477 e. The van der Waals surface area contributed by atoms with E-state index in [9.17, 15) is 0 Å². The predicted octanol–water partition coefficient (Wildman–Crippen LogP) is 3.39. The molecule has 0 amide bonds. The number of aromatic nitrogens is 3. The molecule has 2 aromatic heterocycles. The number of rotatable bonds is 7. The molecule has 0 spiro atoms. The number of nitrogens with zero attached hydrogens (tertiary/aromatic N) is 5. The van der Waals surface area contributed by atoms with Crippen LogP contribution in [0.1, 0.15) is 37.1 Å². The lowest BCUT2D eigenvalue weighted by molar-refractivity contribution is 0.235. The standard InChI is InChI=1S/C21H28ClN5O/c22-17-6-5-9-23-21(17)27-13-11-26(12-14-27)10-3-4-15-28-20-16-24-18-7-1-2-8-19(18)25-20/h5-6,9,16H,1-4,7-8,10-15H2. The van der Waals surface area contributed by atoms with Gasteiger partial charge in [0.1, 0.15) is 5.82 Å². The van der Waals surface area contributed by atoms with E-state index in [0.29, 0.717) is 12.5 Å². The molecule has 0 bridgehead atoms. The summed E-state index contributed by atoms with van der Waals surface area (Å²) < 4.78 is 5.83. The fraction of sp³-hybridized carbons (Fsp3) is 0.571. The van der Waals surface area contributed by atoms with Gasteiger partial charge in [0.15, 0.2) is 0 Å². The van der Waals surface area contributed by atoms with Gasteiger partial charge in [-0.05, 0) is 57.2 Å². The third kappa shape index (κ3) is 4.92. The number of hydrogen-bond donors (Lipinski definition) is 0. The molecule has 7 heteroatoms. The molecule has 1 aliphatic carbocycles. The Morgan fingerprint density at radius 3 is 2.64 bits per heavy atom. The molecule has 3 heterocycles. The summed E-state index contributed by atoms with van der Waals surface area (Å²) in [5.74, 6) is 1.59. The number of aryl methyl sites for hydroxylation is 2. The molecule has 1 fully saturated rings. The third-order valence-electron chi connectivity index (χ3n) is 5.52. The minimum atomic E-state index is 0.682. The molecule has 0 aromatic carbocycles. The van der Waals surface area contributed by atoms with Crippen molar-refractivity contribution >= 4 is 17.4 Å². The summed E-state index contributed by atoms with van der Waals surface area (Å²) in [6, 6.07) is 3.78. The maximum absolute atomic E-state index is 6.26. The summed E-state index contributed by atoms with van der Waals surface area (Å²) in [5.41, 5.74) is 2.29. The second-order valence-corrected chi connectivity index (χ2v) is 7.91. The van der Waals surface area contributed by atoms with Gasteiger partial charge in [-0.25, -0.2) is 9.97 Å². The van der Waals surface area contributed by atoms with Crippen molar-refractivity contribution in [3.05, 3.63) is 40.9 Å². The second kappa shape index (κ2) is 9.52. The molecule has 0 N–H and O–H groups in total. The lowest BCUT2D eigenvalue weighted by atomic mass is 10.0. The Morgan fingerprint density at radius 1 is 1.00 bits per heavy atom. The summed E-state index contributed by atoms with van der Waals surface area (Å²) in [7, 11) is 0. The number of ether oxygens (including phenoxy) is 1. The van der Waals surface area contributed by atoms with E-state index in [1.165, 1.54) is 12.8 Å². The van der Waals surface area contributed by atoms with Crippen LogP contribution in [0.2, 0.25) is 5.02 Å². The maximum atomic E-state index is 6.26. The van der Waals surface area contributed by atoms with Gasteiger partial charge in [-0.3, -0.25) is 9.88 Å². The van der Waals surface area contributed by atoms with Crippen LogP contribution in [0.4, 0.5) is 5.82 Å². The summed E-state index contributed by atoms with van der Waals surface area (Å²) in [6.45, 7) is 5.84. The van der Waals surface area contributed by atoms with Crippen molar-refractivity contribution in [1.82, 2.24) is 19.9 Å². The lowest BCUT2D eigenvalue weighted by Crippen LogP contribution is -2.47. The van der Waals surface area contributed by atoms with E-state index in [-0.39, 0.29) is 0 Å². The smallest absolute Gasteiger partial charge is 0.232 e. The number of hydrogen-bond acceptors (Lipinski definition) is 6. The van der Waals surface area contributed by atoms with Crippen molar-refractivity contribution in [3.8, 4) is 5.88 Å². The van der Waals surface area contributed by atoms with Gasteiger partial charge in [0.05, 0.1) is 29.2 Å². The summed E-state index contributed by atoms with van der Waals surface area (Å²) in [4.78, 5) is 18.3. The van der Waals surface area contributed by atoms with E-state index in [2.05, 4.69) is 24.8 Å². The topological polar surface area (TPSA) is 54.4 Å². The van der Waals surface area contributed by atoms with Crippen LogP contribution in [0.15, 0.2) is 24.5 Å². The van der Waals surface area contributed by atoms with Crippen LogP contribution in [0.5, 0.6) is 5.88 Å². The van der Waals surface area contributed by atoms with Crippen LogP contribution in [0.3, 0.4) is 0 Å². The number of pyridine rings is 1. The molecule has 0 saturated carbocycles. The summed E-state index contributed by atoms with van der Waals surface area (Å²) >= 11 is 6.26. The van der Waals surface area contributed by atoms with Crippen LogP contribution in [-0.4, -0.2) is 59.2 Å². The molecule has 2 aromatic rings. The zero-order chi connectivity index (χ0) is 19.2. The highest BCUT2D eigenvalue weighted by Crippen LogP contribution is 2.23. The Balaban J connectivity index is 1.14. The van der Waals surface area contributed by atoms with Gasteiger partial charge in [-0.2, -0.15) is 0 Å². The first-order valence-electron chi connectivity index (χ1n) is 10.3. The SMILES string of the molecule is Clc1cccnc1N1CCN(CCCCOc2cnc3c(n2)CCCC3)CC1. The van der Waals surface area contributed by atoms with Crippen molar-refractivity contribution < 1.29 is 4.74 Å². The highest BCUT2D eigenvalue weighted by molar-refractivity contribution is 6.32. The van der Waals surface area contributed by atoms with Gasteiger partial charge < -0.3 is 9.64 Å². The average molecular weight is 402 g/mol. The fourth-order valence-corrected chi connectivity index (χ4v) is 4.15. The van der Waals surface area contributed by atoms with Crippen molar-refractivity contribution in [1.29, 1.82) is 0 Å². The molecule has 4 rings (SSSR count). The molecule has 0 atom stereocenters. The lowest BCUT2D eigenvalue weighted by Gasteiger charge is -2.35. The van der Waals surface area contributed by atoms with Crippen LogP contribution in [0, 0.1) is 0 Å². The third-order valence-corrected chi connectivity index (χ3v) is 5.81. The Kier molecular flexibility index (Phi) is 6.60. The summed E-state index contributed by atoms with van der Waals surface area (Å²) in [6.07, 6.45) is 10.3. The van der Waals surface area contributed by atoms with Gasteiger partial charge in [-0.1, -0.05) is 11.6 Å². The van der Waals surface area contributed by atoms with E-state index in [0.717, 1.165) is 80.6 Å². The second-order valence-electron chi connectivity index (χ2n) is 7.50. The average Bonchev–Trinajstić information content (AvgIpc) is 2.74. The monoisotopic (exact) mass is 401 g/mol. The first-order valence-corrected chi connectivity index (χ1v) is 10.7. The van der Waals surface area contributed by atoms with Gasteiger partial charge in [0, 0.05) is 32.4 Å². The largest absolute Gasteiger partial charge is 0.477 e. The number of halogens is 1. The predicted molar refractivity (Wildman–Crippen MR) is 111 cm³/mol. The first kappa shape index (κ1) is 19.4. The van der Waals surface area contributed by atoms with E-state index < -0.39 is 0 Å². The molecular weight excluding hydrogens is 374 g/mol. The van der Waals surface area contributed by atoms with E-state index in [1.807, 2.05) is 12.1 Å². The Bertz CT molecular complexity index is 779. The van der Waals surface area contributed by atoms with E-state index in [4.69, 9.17) is 16.3 Å². The van der Waals surface area contributed by atoms with Crippen LogP contribution < -0.4 is 9.64 Å². The molecule has 28 heavy (non-hydrogen) atoms. The molecule has 0 radical (unpaired) electrons. The van der Waals surface area contributed by atoms with E-state index in [1.54, 1.807) is 12.4 Å². The van der Waals surface area contributed by atoms with Gasteiger partial charge in [0.25, 0.3) is 0 Å². The number of fused-ring (bicyclic) bond motifs is 1. The van der Waals surface area contributed by atoms with Crippen molar-refractivity contribution in [2.75, 3.05) is 44.2 Å². The Morgan fingerprint density at radius 2 is 1.82 bits per heavy atom. The molecule has 6 nitrogen and oxygen atoms in total. The normalized spacial score (nSPS) is 17.4. The number of unbranched alkanes of at least 4 members (excludes halogenated alkanes) is 1. The highest BCUT2D eigenvalue weighted by atomic mass is 35.5. The van der Waals surface area contributed by atoms with Gasteiger partial charge >= 0.3 is 0 Å². The molecular formula is C21H28ClN5O. The Labute approximate surface area is 171 Å². The number of anilines is 1. The molecule has 0 unspecified atom stereocenters. The zero-order valence-corrected chi connectivity index (χ0v) is 17.1. The maximum Gasteiger partial charge on any atom is 0.232 e. The van der Waals surface area contributed by atoms with Gasteiger partial charge in [0.2, 0.25) is 5.88 Å². The zero-order valence-electron chi connectivity index (χ0n) is 16.3. The van der Waals surface area contributed by atoms with Gasteiger partial charge in [-0.15, -0.1) is 0 Å².